The van der Waals surface area contributed by atoms with Crippen LogP contribution in [0.4, 0.5) is 0 Å². The number of amides is 4. The molecule has 0 aromatic heterocycles. The Balaban J connectivity index is 3.19. The summed E-state index contributed by atoms with van der Waals surface area (Å²) < 4.78 is 0. The molecule has 0 bridgehead atoms. The predicted molar refractivity (Wildman–Crippen MR) is 136 cm³/mol. The van der Waals surface area contributed by atoms with Gasteiger partial charge in [-0.2, -0.15) is 0 Å². The van der Waals surface area contributed by atoms with Gasteiger partial charge < -0.3 is 37.6 Å². The Bertz CT molecular complexity index is 951. The summed E-state index contributed by atoms with van der Waals surface area (Å²) in [6.45, 7) is 7.20. The number of carboxylic acids is 1. The molecule has 1 aromatic carbocycles. The van der Waals surface area contributed by atoms with Gasteiger partial charge in [0.2, 0.25) is 23.6 Å². The lowest BCUT2D eigenvalue weighted by atomic mass is 9.98. The lowest BCUT2D eigenvalue weighted by molar-refractivity contribution is -0.144. The molecule has 1 aromatic rings. The van der Waals surface area contributed by atoms with E-state index in [2.05, 4.69) is 16.0 Å². The number of carboxylic acid groups (broad SMARTS) is 1. The lowest BCUT2D eigenvalue weighted by Crippen LogP contribution is -2.58. The van der Waals surface area contributed by atoms with E-state index in [1.807, 2.05) is 13.8 Å². The summed E-state index contributed by atoms with van der Waals surface area (Å²) >= 11 is 0. The third-order valence-electron chi connectivity index (χ3n) is 5.89. The van der Waals surface area contributed by atoms with E-state index >= 15 is 0 Å². The summed E-state index contributed by atoms with van der Waals surface area (Å²) in [6, 6.07) is 1.09. The number of carbonyl (C=O) groups excluding carboxylic acids is 4. The molecule has 0 aliphatic rings. The average Bonchev–Trinajstić information content (AvgIpc) is 2.81. The van der Waals surface area contributed by atoms with E-state index in [0.29, 0.717) is 18.4 Å². The van der Waals surface area contributed by atoms with E-state index in [4.69, 9.17) is 11.5 Å². The Hall–Kier alpha value is -3.67. The largest absolute Gasteiger partial charge is 0.508 e. The summed E-state index contributed by atoms with van der Waals surface area (Å²) in [5.41, 5.74) is 11.7. The van der Waals surface area contributed by atoms with Crippen LogP contribution in [-0.4, -0.2) is 64.0 Å². The van der Waals surface area contributed by atoms with Crippen molar-refractivity contribution < 1.29 is 34.2 Å². The minimum atomic E-state index is -1.40. The van der Waals surface area contributed by atoms with Gasteiger partial charge in [0.25, 0.3) is 0 Å². The molecule has 12 nitrogen and oxygen atoms in total. The van der Waals surface area contributed by atoms with Crippen molar-refractivity contribution >= 4 is 29.6 Å². The SMILES string of the molecule is CCC(C)C(NC(=O)C(Cc1ccc(O)cc1)NC(=O)C(CC(N)=O)NC(=O)C(N)CC(C)C)C(=O)O. The minimum Gasteiger partial charge on any atom is -0.508 e. The second-order valence-electron chi connectivity index (χ2n) is 9.61. The average molecular weight is 522 g/mol. The first-order valence-corrected chi connectivity index (χ1v) is 12.2. The zero-order valence-corrected chi connectivity index (χ0v) is 21.7. The number of aromatic hydroxyl groups is 1. The number of nitrogens with two attached hydrogens (primary N) is 2. The fourth-order valence-corrected chi connectivity index (χ4v) is 3.59. The molecule has 5 unspecified atom stereocenters. The van der Waals surface area contributed by atoms with Gasteiger partial charge in [0.05, 0.1) is 12.5 Å². The monoisotopic (exact) mass is 521 g/mol. The summed E-state index contributed by atoms with van der Waals surface area (Å²) in [5, 5.41) is 26.5. The number of hydrogen-bond donors (Lipinski definition) is 7. The summed E-state index contributed by atoms with van der Waals surface area (Å²) in [6.07, 6.45) is 0.226. The van der Waals surface area contributed by atoms with Crippen molar-refractivity contribution in [2.45, 2.75) is 77.5 Å². The Morgan fingerprint density at radius 1 is 0.892 bits per heavy atom. The van der Waals surface area contributed by atoms with Crippen molar-refractivity contribution in [3.63, 3.8) is 0 Å². The standard InChI is InChI=1S/C25H39N5O7/c1-5-14(4)21(25(36)37)30-24(35)18(11-15-6-8-16(31)9-7-15)29-23(34)19(12-20(27)32)28-22(33)17(26)10-13(2)3/h6-9,13-14,17-19,21,31H,5,10-12,26H2,1-4H3,(H2,27,32)(H,28,33)(H,29,34)(H,30,35)(H,36,37). The first-order valence-electron chi connectivity index (χ1n) is 12.2. The van der Waals surface area contributed by atoms with Crippen LogP contribution < -0.4 is 27.4 Å². The highest BCUT2D eigenvalue weighted by Gasteiger charge is 2.32. The van der Waals surface area contributed by atoms with Crippen LogP contribution in [-0.2, 0) is 30.4 Å². The molecule has 9 N–H and O–H groups in total. The summed E-state index contributed by atoms with van der Waals surface area (Å²) in [5.74, 6) is -4.66. The maximum atomic E-state index is 13.1. The number of nitrogens with one attached hydrogen (secondary N) is 3. The molecule has 4 amide bonds. The van der Waals surface area contributed by atoms with Gasteiger partial charge in [-0.05, 0) is 36.0 Å². The Morgan fingerprint density at radius 2 is 1.43 bits per heavy atom. The second-order valence-corrected chi connectivity index (χ2v) is 9.61. The molecular formula is C25H39N5O7. The maximum Gasteiger partial charge on any atom is 0.326 e. The van der Waals surface area contributed by atoms with Crippen LogP contribution in [0.3, 0.4) is 0 Å². The van der Waals surface area contributed by atoms with Gasteiger partial charge in [0.1, 0.15) is 23.9 Å². The normalized spacial score (nSPS) is 15.1. The highest BCUT2D eigenvalue weighted by atomic mass is 16.4. The molecule has 0 aliphatic heterocycles. The van der Waals surface area contributed by atoms with Crippen LogP contribution in [0.2, 0.25) is 0 Å². The van der Waals surface area contributed by atoms with Crippen molar-refractivity contribution in [3.8, 4) is 5.75 Å². The smallest absolute Gasteiger partial charge is 0.326 e. The number of primary amides is 1. The molecule has 0 aliphatic carbocycles. The van der Waals surface area contributed by atoms with Crippen LogP contribution in [0.15, 0.2) is 24.3 Å². The van der Waals surface area contributed by atoms with E-state index in [-0.39, 0.29) is 18.1 Å². The molecule has 5 atom stereocenters. The van der Waals surface area contributed by atoms with Gasteiger partial charge in [-0.3, -0.25) is 19.2 Å². The topological polar surface area (TPSA) is 214 Å². The second kappa shape index (κ2) is 14.8. The highest BCUT2D eigenvalue weighted by molar-refractivity contribution is 5.96. The van der Waals surface area contributed by atoms with Crippen molar-refractivity contribution in [2.24, 2.45) is 23.3 Å². The number of hydrogen-bond acceptors (Lipinski definition) is 7. The molecule has 0 fully saturated rings. The Kier molecular flexibility index (Phi) is 12.5. The number of benzene rings is 1. The molecule has 12 heteroatoms. The molecule has 0 saturated heterocycles. The molecule has 0 heterocycles. The summed E-state index contributed by atoms with van der Waals surface area (Å²) in [7, 11) is 0. The van der Waals surface area contributed by atoms with Crippen molar-refractivity contribution in [2.75, 3.05) is 0 Å². The number of carbonyl (C=O) groups is 5. The fraction of sp³-hybridized carbons (Fsp3) is 0.560. The Labute approximate surface area is 216 Å². The van der Waals surface area contributed by atoms with Crippen molar-refractivity contribution in [3.05, 3.63) is 29.8 Å². The van der Waals surface area contributed by atoms with E-state index < -0.39 is 66.1 Å². The van der Waals surface area contributed by atoms with Crippen molar-refractivity contribution in [1.82, 2.24) is 16.0 Å². The van der Waals surface area contributed by atoms with E-state index in [0.717, 1.165) is 0 Å². The van der Waals surface area contributed by atoms with Gasteiger partial charge in [0, 0.05) is 6.42 Å². The zero-order chi connectivity index (χ0) is 28.3. The highest BCUT2D eigenvalue weighted by Crippen LogP contribution is 2.13. The molecule has 206 valence electrons. The van der Waals surface area contributed by atoms with Gasteiger partial charge in [0.15, 0.2) is 0 Å². The van der Waals surface area contributed by atoms with Crippen LogP contribution in [0.5, 0.6) is 5.75 Å². The van der Waals surface area contributed by atoms with E-state index in [1.54, 1.807) is 26.0 Å². The zero-order valence-electron chi connectivity index (χ0n) is 21.7. The van der Waals surface area contributed by atoms with Crippen LogP contribution >= 0.6 is 0 Å². The first kappa shape index (κ1) is 31.4. The van der Waals surface area contributed by atoms with Crippen LogP contribution in [0.1, 0.15) is 52.5 Å². The molecule has 0 radical (unpaired) electrons. The van der Waals surface area contributed by atoms with Gasteiger partial charge >= 0.3 is 5.97 Å². The molecular weight excluding hydrogens is 482 g/mol. The van der Waals surface area contributed by atoms with Gasteiger partial charge in [-0.1, -0.05) is 46.2 Å². The Morgan fingerprint density at radius 3 is 1.92 bits per heavy atom. The predicted octanol–water partition coefficient (Wildman–Crippen LogP) is -0.231. The molecule has 0 saturated carbocycles. The number of rotatable bonds is 15. The fourth-order valence-electron chi connectivity index (χ4n) is 3.59. The van der Waals surface area contributed by atoms with E-state index in [1.165, 1.54) is 12.1 Å². The lowest BCUT2D eigenvalue weighted by Gasteiger charge is -2.26. The summed E-state index contributed by atoms with van der Waals surface area (Å²) in [4.78, 5) is 62.1. The van der Waals surface area contributed by atoms with Crippen molar-refractivity contribution in [1.29, 1.82) is 0 Å². The number of phenols is 1. The number of phenolic OH excluding ortho intramolecular Hbond substituents is 1. The molecule has 0 spiro atoms. The molecule has 37 heavy (non-hydrogen) atoms. The maximum absolute atomic E-state index is 13.1. The van der Waals surface area contributed by atoms with Gasteiger partial charge in [-0.25, -0.2) is 4.79 Å². The number of aliphatic carboxylic acids is 1. The quantitative estimate of drug-likeness (QED) is 0.163. The van der Waals surface area contributed by atoms with Crippen LogP contribution in [0.25, 0.3) is 0 Å². The third-order valence-corrected chi connectivity index (χ3v) is 5.89. The third kappa shape index (κ3) is 10.9. The first-order chi connectivity index (χ1) is 17.2. The van der Waals surface area contributed by atoms with Gasteiger partial charge in [-0.15, -0.1) is 0 Å². The minimum absolute atomic E-state index is 0.00142. The molecule has 1 rings (SSSR count). The van der Waals surface area contributed by atoms with E-state index in [9.17, 15) is 34.2 Å². The van der Waals surface area contributed by atoms with Crippen LogP contribution in [0, 0.1) is 11.8 Å².